The number of aryl methyl sites for hydroxylation is 2. The van der Waals surface area contributed by atoms with Crippen LogP contribution in [0.5, 0.6) is 5.75 Å². The number of amides is 1. The maximum Gasteiger partial charge on any atom is 0.253 e. The molecule has 3 heterocycles. The second-order valence-electron chi connectivity index (χ2n) is 6.39. The van der Waals surface area contributed by atoms with Gasteiger partial charge in [0, 0.05) is 18.0 Å². The summed E-state index contributed by atoms with van der Waals surface area (Å²) < 4.78 is 3.47. The van der Waals surface area contributed by atoms with Crippen molar-refractivity contribution in [2.75, 3.05) is 5.73 Å². The van der Waals surface area contributed by atoms with E-state index in [1.807, 2.05) is 24.6 Å². The minimum absolute atomic E-state index is 0.131. The predicted molar refractivity (Wildman–Crippen MR) is 99.4 cm³/mol. The second-order valence-corrected chi connectivity index (χ2v) is 6.39. The summed E-state index contributed by atoms with van der Waals surface area (Å²) in [6, 6.07) is 5.21. The van der Waals surface area contributed by atoms with E-state index in [0.717, 1.165) is 11.1 Å². The maximum atomic E-state index is 12.1. The lowest BCUT2D eigenvalue weighted by Gasteiger charge is -2.15. The molecule has 0 fully saturated rings. The van der Waals surface area contributed by atoms with Gasteiger partial charge in [0.05, 0.1) is 23.1 Å². The number of anilines is 1. The Balaban J connectivity index is 2.23. The molecule has 26 heavy (non-hydrogen) atoms. The molecule has 0 spiro atoms. The minimum Gasteiger partial charge on any atom is -0.508 e. The third-order valence-electron chi connectivity index (χ3n) is 4.75. The number of nitrogen functional groups attached to an aromatic ring is 1. The van der Waals surface area contributed by atoms with E-state index in [9.17, 15) is 9.90 Å². The summed E-state index contributed by atoms with van der Waals surface area (Å²) in [6.45, 7) is 3.68. The van der Waals surface area contributed by atoms with Gasteiger partial charge in [0.25, 0.3) is 5.91 Å². The average molecular weight is 350 g/mol. The third-order valence-corrected chi connectivity index (χ3v) is 4.75. The summed E-state index contributed by atoms with van der Waals surface area (Å²) in [6.07, 6.45) is 1.65. The molecule has 0 aliphatic rings. The Labute approximate surface area is 148 Å². The first-order valence-electron chi connectivity index (χ1n) is 8.02. The summed E-state index contributed by atoms with van der Waals surface area (Å²) >= 11 is 0. The van der Waals surface area contributed by atoms with Gasteiger partial charge in [-0.2, -0.15) is 0 Å². The van der Waals surface area contributed by atoms with Crippen molar-refractivity contribution < 1.29 is 9.90 Å². The van der Waals surface area contributed by atoms with Crippen molar-refractivity contribution in [1.82, 2.24) is 19.1 Å². The average Bonchev–Trinajstić information content (AvgIpc) is 3.08. The molecule has 0 saturated carbocycles. The number of benzene rings is 1. The van der Waals surface area contributed by atoms with Crippen molar-refractivity contribution in [2.24, 2.45) is 12.8 Å². The topological polar surface area (TPSA) is 125 Å². The smallest absolute Gasteiger partial charge is 0.253 e. The first-order chi connectivity index (χ1) is 12.3. The van der Waals surface area contributed by atoms with Crippen LogP contribution in [0.4, 0.5) is 5.82 Å². The Morgan fingerprint density at radius 3 is 2.69 bits per heavy atom. The summed E-state index contributed by atoms with van der Waals surface area (Å²) in [5, 5.41) is 10.7. The van der Waals surface area contributed by atoms with Crippen LogP contribution in [0.25, 0.3) is 27.9 Å². The fourth-order valence-electron chi connectivity index (χ4n) is 3.41. The highest BCUT2D eigenvalue weighted by molar-refractivity contribution is 6.12. The zero-order valence-electron chi connectivity index (χ0n) is 14.6. The predicted octanol–water partition coefficient (Wildman–Crippen LogP) is 1.92. The first-order valence-corrected chi connectivity index (χ1v) is 8.02. The molecule has 0 atom stereocenters. The van der Waals surface area contributed by atoms with Crippen LogP contribution in [-0.2, 0) is 7.05 Å². The standard InChI is InChI=1S/C18H18N6O2/c1-8-4-5-12(25)9(2)14(8)24-15(19)13(16(20)26)10-6-11-17(22-18(10)24)21-7-23(11)3/h4-7,25H,19H2,1-3H3,(H2,20,26). The second kappa shape index (κ2) is 5.22. The lowest BCUT2D eigenvalue weighted by atomic mass is 10.1. The van der Waals surface area contributed by atoms with Crippen LogP contribution in [0.1, 0.15) is 21.5 Å². The zero-order valence-corrected chi connectivity index (χ0v) is 14.6. The fourth-order valence-corrected chi connectivity index (χ4v) is 3.41. The number of carbonyl (C=O) groups excluding carboxylic acids is 1. The van der Waals surface area contributed by atoms with Crippen molar-refractivity contribution in [3.63, 3.8) is 0 Å². The van der Waals surface area contributed by atoms with Gasteiger partial charge in [-0.1, -0.05) is 6.07 Å². The van der Waals surface area contributed by atoms with Crippen LogP contribution in [0.2, 0.25) is 0 Å². The summed E-state index contributed by atoms with van der Waals surface area (Å²) in [5.74, 6) is -0.316. The van der Waals surface area contributed by atoms with Gasteiger partial charge in [0.2, 0.25) is 0 Å². The van der Waals surface area contributed by atoms with Crippen LogP contribution in [0, 0.1) is 13.8 Å². The number of phenols is 1. The molecule has 4 rings (SSSR count). The molecule has 1 aromatic carbocycles. The van der Waals surface area contributed by atoms with Crippen LogP contribution in [0.15, 0.2) is 24.5 Å². The van der Waals surface area contributed by atoms with Crippen molar-refractivity contribution in [1.29, 1.82) is 0 Å². The lowest BCUT2D eigenvalue weighted by molar-refractivity contribution is 0.100. The van der Waals surface area contributed by atoms with Gasteiger partial charge in [-0.3, -0.25) is 9.36 Å². The SMILES string of the molecule is Cc1ccc(O)c(C)c1-n1c(N)c(C(N)=O)c2cc3c(ncn3C)nc21. The van der Waals surface area contributed by atoms with Gasteiger partial charge < -0.3 is 21.1 Å². The highest BCUT2D eigenvalue weighted by atomic mass is 16.3. The number of nitrogens with zero attached hydrogens (tertiary/aromatic N) is 4. The molecule has 4 aromatic rings. The molecule has 5 N–H and O–H groups in total. The number of aromatic hydroxyl groups is 1. The highest BCUT2D eigenvalue weighted by Gasteiger charge is 2.24. The van der Waals surface area contributed by atoms with E-state index in [0.29, 0.717) is 27.9 Å². The number of primary amides is 1. The minimum atomic E-state index is -0.634. The number of aromatic nitrogens is 4. The molecule has 0 aliphatic carbocycles. The summed E-state index contributed by atoms with van der Waals surface area (Å²) in [4.78, 5) is 21.0. The Hall–Kier alpha value is -3.55. The van der Waals surface area contributed by atoms with Crippen LogP contribution in [0.3, 0.4) is 0 Å². The van der Waals surface area contributed by atoms with E-state index < -0.39 is 5.91 Å². The van der Waals surface area contributed by atoms with E-state index in [-0.39, 0.29) is 17.1 Å². The first kappa shape index (κ1) is 15.9. The monoisotopic (exact) mass is 350 g/mol. The summed E-state index contributed by atoms with van der Waals surface area (Å²) in [5.41, 5.74) is 16.1. The van der Waals surface area contributed by atoms with E-state index in [1.54, 1.807) is 30.0 Å². The molecule has 8 nitrogen and oxygen atoms in total. The largest absolute Gasteiger partial charge is 0.508 e. The molecule has 0 bridgehead atoms. The third kappa shape index (κ3) is 1.98. The van der Waals surface area contributed by atoms with Gasteiger partial charge in [0.15, 0.2) is 5.65 Å². The normalized spacial score (nSPS) is 11.5. The van der Waals surface area contributed by atoms with Gasteiger partial charge >= 0.3 is 0 Å². The number of fused-ring (bicyclic) bond motifs is 2. The molecule has 0 aliphatic heterocycles. The summed E-state index contributed by atoms with van der Waals surface area (Å²) in [7, 11) is 1.84. The van der Waals surface area contributed by atoms with Crippen molar-refractivity contribution in [3.8, 4) is 11.4 Å². The van der Waals surface area contributed by atoms with Crippen molar-refractivity contribution in [3.05, 3.63) is 41.2 Å². The number of carbonyl (C=O) groups is 1. The van der Waals surface area contributed by atoms with E-state index >= 15 is 0 Å². The number of nitrogens with two attached hydrogens (primary N) is 2. The van der Waals surface area contributed by atoms with E-state index in [4.69, 9.17) is 11.5 Å². The van der Waals surface area contributed by atoms with Gasteiger partial charge in [-0.25, -0.2) is 9.97 Å². The number of imidazole rings is 1. The van der Waals surface area contributed by atoms with Gasteiger partial charge in [0.1, 0.15) is 17.2 Å². The molecular weight excluding hydrogens is 332 g/mol. The van der Waals surface area contributed by atoms with Gasteiger partial charge in [-0.05, 0) is 31.5 Å². The van der Waals surface area contributed by atoms with Crippen molar-refractivity contribution in [2.45, 2.75) is 13.8 Å². The van der Waals surface area contributed by atoms with Crippen LogP contribution >= 0.6 is 0 Å². The highest BCUT2D eigenvalue weighted by Crippen LogP contribution is 2.36. The molecule has 0 radical (unpaired) electrons. The Morgan fingerprint density at radius 1 is 1.27 bits per heavy atom. The Bertz CT molecular complexity index is 1220. The van der Waals surface area contributed by atoms with Crippen LogP contribution < -0.4 is 11.5 Å². The maximum absolute atomic E-state index is 12.1. The lowest BCUT2D eigenvalue weighted by Crippen LogP contribution is -2.14. The fraction of sp³-hybridized carbons (Fsp3) is 0.167. The molecule has 0 saturated heterocycles. The molecule has 3 aromatic heterocycles. The van der Waals surface area contributed by atoms with E-state index in [2.05, 4.69) is 9.97 Å². The van der Waals surface area contributed by atoms with Crippen LogP contribution in [-0.4, -0.2) is 30.1 Å². The Kier molecular flexibility index (Phi) is 3.20. The number of rotatable bonds is 2. The zero-order chi connectivity index (χ0) is 18.7. The number of pyridine rings is 1. The van der Waals surface area contributed by atoms with Gasteiger partial charge in [-0.15, -0.1) is 0 Å². The van der Waals surface area contributed by atoms with E-state index in [1.165, 1.54) is 0 Å². The molecule has 8 heteroatoms. The number of hydrogen-bond donors (Lipinski definition) is 3. The quantitative estimate of drug-likeness (QED) is 0.509. The Morgan fingerprint density at radius 2 is 2.00 bits per heavy atom. The number of phenolic OH excluding ortho intramolecular Hbond substituents is 1. The molecule has 1 amide bonds. The molecular formula is C18H18N6O2. The molecule has 132 valence electrons. The molecule has 0 unspecified atom stereocenters. The number of hydrogen-bond acceptors (Lipinski definition) is 5. The van der Waals surface area contributed by atoms with Crippen molar-refractivity contribution >= 4 is 33.9 Å².